The molecule has 0 aliphatic heterocycles. The van der Waals surface area contributed by atoms with Gasteiger partial charge in [-0.25, -0.2) is 4.98 Å². The molecule has 0 amide bonds. The molecule has 0 fully saturated rings. The minimum Gasteiger partial charge on any atom is -0.481 e. The van der Waals surface area contributed by atoms with Crippen LogP contribution in [0.25, 0.3) is 0 Å². The summed E-state index contributed by atoms with van der Waals surface area (Å²) in [5, 5.41) is 6.55. The Hall–Kier alpha value is -2.56. The molecule has 1 aromatic heterocycles. The summed E-state index contributed by atoms with van der Waals surface area (Å²) in [6, 6.07) is 14.0. The highest BCUT2D eigenvalue weighted by molar-refractivity contribution is 5.79. The fourth-order valence-corrected chi connectivity index (χ4v) is 2.05. The van der Waals surface area contributed by atoms with Gasteiger partial charge < -0.3 is 15.4 Å². The van der Waals surface area contributed by atoms with E-state index >= 15 is 0 Å². The van der Waals surface area contributed by atoms with E-state index in [2.05, 4.69) is 39.7 Å². The minimum absolute atomic E-state index is 0.588. The number of aromatic nitrogens is 1. The molecular formula is C17H22N4O. The van der Waals surface area contributed by atoms with Crippen LogP contribution in [-0.2, 0) is 13.1 Å². The van der Waals surface area contributed by atoms with E-state index in [1.165, 1.54) is 11.1 Å². The number of ether oxygens (including phenoxy) is 1. The number of hydrogen-bond acceptors (Lipinski definition) is 3. The number of hydrogen-bond donors (Lipinski definition) is 2. The molecule has 0 spiro atoms. The predicted octanol–water partition coefficient (Wildman–Crippen LogP) is 2.26. The lowest BCUT2D eigenvalue weighted by atomic mass is 10.1. The zero-order valence-corrected chi connectivity index (χ0v) is 13.3. The third kappa shape index (κ3) is 4.48. The summed E-state index contributed by atoms with van der Waals surface area (Å²) in [6.07, 6.45) is 0. The molecule has 0 aliphatic carbocycles. The van der Waals surface area contributed by atoms with E-state index in [0.717, 1.165) is 18.2 Å². The van der Waals surface area contributed by atoms with Crippen molar-refractivity contribution < 1.29 is 4.74 Å². The van der Waals surface area contributed by atoms with Crippen LogP contribution in [0, 0.1) is 6.92 Å². The number of nitrogens with zero attached hydrogens (tertiary/aromatic N) is 2. The van der Waals surface area contributed by atoms with Crippen LogP contribution in [0.3, 0.4) is 0 Å². The Morgan fingerprint density at radius 1 is 1.09 bits per heavy atom. The van der Waals surface area contributed by atoms with Crippen molar-refractivity contribution in [3.63, 3.8) is 0 Å². The second-order valence-electron chi connectivity index (χ2n) is 4.88. The molecule has 116 valence electrons. The van der Waals surface area contributed by atoms with Crippen LogP contribution in [0.1, 0.15) is 16.8 Å². The largest absolute Gasteiger partial charge is 0.481 e. The van der Waals surface area contributed by atoms with Crippen LogP contribution in [0.5, 0.6) is 5.88 Å². The standard InChI is InChI=1S/C17H22N4O/c1-13-7-4-5-8-14(13)11-19-17(18-2)20-12-15-9-6-10-16(21-15)22-3/h4-10H,11-12H2,1-3H3,(H2,18,19,20). The highest BCUT2D eigenvalue weighted by atomic mass is 16.5. The molecule has 2 N–H and O–H groups in total. The van der Waals surface area contributed by atoms with E-state index in [1.807, 2.05) is 30.3 Å². The van der Waals surface area contributed by atoms with Crippen LogP contribution in [0.4, 0.5) is 0 Å². The van der Waals surface area contributed by atoms with Crippen molar-refractivity contribution >= 4 is 5.96 Å². The van der Waals surface area contributed by atoms with Gasteiger partial charge in [0.1, 0.15) is 0 Å². The van der Waals surface area contributed by atoms with E-state index in [1.54, 1.807) is 14.2 Å². The van der Waals surface area contributed by atoms with Gasteiger partial charge in [0.15, 0.2) is 5.96 Å². The van der Waals surface area contributed by atoms with E-state index < -0.39 is 0 Å². The molecule has 0 aliphatic rings. The first-order chi connectivity index (χ1) is 10.7. The van der Waals surface area contributed by atoms with Gasteiger partial charge in [0, 0.05) is 19.7 Å². The van der Waals surface area contributed by atoms with Gasteiger partial charge in [-0.2, -0.15) is 0 Å². The lowest BCUT2D eigenvalue weighted by Crippen LogP contribution is -2.36. The average molecular weight is 298 g/mol. The number of pyridine rings is 1. The van der Waals surface area contributed by atoms with Gasteiger partial charge in [0.2, 0.25) is 5.88 Å². The monoisotopic (exact) mass is 298 g/mol. The molecular weight excluding hydrogens is 276 g/mol. The van der Waals surface area contributed by atoms with Crippen molar-refractivity contribution in [2.75, 3.05) is 14.2 Å². The molecule has 0 radical (unpaired) electrons. The summed E-state index contributed by atoms with van der Waals surface area (Å²) in [7, 11) is 3.37. The van der Waals surface area contributed by atoms with Gasteiger partial charge in [-0.15, -0.1) is 0 Å². The number of aliphatic imine (C=N–C) groups is 1. The van der Waals surface area contributed by atoms with E-state index in [0.29, 0.717) is 12.4 Å². The topological polar surface area (TPSA) is 58.5 Å². The molecule has 0 unspecified atom stereocenters. The predicted molar refractivity (Wildman–Crippen MR) is 89.0 cm³/mol. The van der Waals surface area contributed by atoms with Crippen molar-refractivity contribution in [1.82, 2.24) is 15.6 Å². The van der Waals surface area contributed by atoms with Gasteiger partial charge in [0.05, 0.1) is 19.3 Å². The Kier molecular flexibility index (Phi) is 5.77. The molecule has 22 heavy (non-hydrogen) atoms. The smallest absolute Gasteiger partial charge is 0.213 e. The molecule has 1 heterocycles. The minimum atomic E-state index is 0.588. The van der Waals surface area contributed by atoms with Crippen molar-refractivity contribution in [3.05, 3.63) is 59.3 Å². The zero-order chi connectivity index (χ0) is 15.8. The number of benzene rings is 1. The first kappa shape index (κ1) is 15.8. The highest BCUT2D eigenvalue weighted by Gasteiger charge is 2.02. The number of rotatable bonds is 5. The first-order valence-electron chi connectivity index (χ1n) is 7.22. The highest BCUT2D eigenvalue weighted by Crippen LogP contribution is 2.07. The summed E-state index contributed by atoms with van der Waals surface area (Å²) < 4.78 is 5.12. The maximum atomic E-state index is 5.12. The number of guanidine groups is 1. The second kappa shape index (κ2) is 8.02. The maximum absolute atomic E-state index is 5.12. The normalized spacial score (nSPS) is 11.1. The molecule has 1 aromatic carbocycles. The van der Waals surface area contributed by atoms with Gasteiger partial charge in [-0.3, -0.25) is 4.99 Å². The third-order valence-corrected chi connectivity index (χ3v) is 3.36. The van der Waals surface area contributed by atoms with Crippen LogP contribution in [-0.4, -0.2) is 25.1 Å². The molecule has 0 atom stereocenters. The number of aryl methyl sites for hydroxylation is 1. The van der Waals surface area contributed by atoms with Gasteiger partial charge >= 0.3 is 0 Å². The Labute approximate surface area is 131 Å². The van der Waals surface area contributed by atoms with Gasteiger partial charge in [-0.1, -0.05) is 30.3 Å². The van der Waals surface area contributed by atoms with Gasteiger partial charge in [-0.05, 0) is 24.1 Å². The van der Waals surface area contributed by atoms with Crippen molar-refractivity contribution in [3.8, 4) is 5.88 Å². The Morgan fingerprint density at radius 2 is 1.86 bits per heavy atom. The lowest BCUT2D eigenvalue weighted by molar-refractivity contribution is 0.396. The second-order valence-corrected chi connectivity index (χ2v) is 4.88. The number of nitrogens with one attached hydrogen (secondary N) is 2. The molecule has 2 rings (SSSR count). The SMILES string of the molecule is CN=C(NCc1cccc(OC)n1)NCc1ccccc1C. The quantitative estimate of drug-likeness (QED) is 0.657. The molecule has 2 aromatic rings. The molecule has 0 bridgehead atoms. The van der Waals surface area contributed by atoms with Crippen molar-refractivity contribution in [2.45, 2.75) is 20.0 Å². The molecule has 0 saturated carbocycles. The average Bonchev–Trinajstić information content (AvgIpc) is 2.56. The lowest BCUT2D eigenvalue weighted by Gasteiger charge is -2.13. The van der Waals surface area contributed by atoms with Gasteiger partial charge in [0.25, 0.3) is 0 Å². The Morgan fingerprint density at radius 3 is 2.59 bits per heavy atom. The maximum Gasteiger partial charge on any atom is 0.213 e. The van der Waals surface area contributed by atoms with Crippen molar-refractivity contribution in [1.29, 1.82) is 0 Å². The number of methoxy groups -OCH3 is 1. The Balaban J connectivity index is 1.89. The summed E-state index contributed by atoms with van der Waals surface area (Å²) in [4.78, 5) is 8.59. The van der Waals surface area contributed by atoms with Crippen molar-refractivity contribution in [2.24, 2.45) is 4.99 Å². The van der Waals surface area contributed by atoms with Crippen LogP contribution >= 0.6 is 0 Å². The molecule has 5 nitrogen and oxygen atoms in total. The fraction of sp³-hybridized carbons (Fsp3) is 0.294. The third-order valence-electron chi connectivity index (χ3n) is 3.36. The first-order valence-corrected chi connectivity index (χ1v) is 7.22. The zero-order valence-electron chi connectivity index (χ0n) is 13.3. The fourth-order valence-electron chi connectivity index (χ4n) is 2.05. The van der Waals surface area contributed by atoms with Crippen LogP contribution in [0.15, 0.2) is 47.5 Å². The van der Waals surface area contributed by atoms with E-state index in [9.17, 15) is 0 Å². The summed E-state index contributed by atoms with van der Waals surface area (Å²) in [5.74, 6) is 1.36. The van der Waals surface area contributed by atoms with E-state index in [-0.39, 0.29) is 0 Å². The van der Waals surface area contributed by atoms with Crippen LogP contribution < -0.4 is 15.4 Å². The summed E-state index contributed by atoms with van der Waals surface area (Å²) in [6.45, 7) is 3.43. The van der Waals surface area contributed by atoms with E-state index in [4.69, 9.17) is 4.74 Å². The Bertz CT molecular complexity index is 640. The summed E-state index contributed by atoms with van der Waals surface area (Å²) >= 11 is 0. The molecule has 5 heteroatoms. The summed E-state index contributed by atoms with van der Waals surface area (Å²) in [5.41, 5.74) is 3.42. The van der Waals surface area contributed by atoms with Crippen LogP contribution in [0.2, 0.25) is 0 Å². The molecule has 0 saturated heterocycles.